The second kappa shape index (κ2) is 7.70. The molecule has 2 amide bonds. The summed E-state index contributed by atoms with van der Waals surface area (Å²) in [7, 11) is 0. The van der Waals surface area contributed by atoms with Crippen LogP contribution in [0.3, 0.4) is 0 Å². The Morgan fingerprint density at radius 3 is 2.57 bits per heavy atom. The molecule has 0 fully saturated rings. The Bertz CT molecular complexity index is 1170. The van der Waals surface area contributed by atoms with Crippen LogP contribution in [0.4, 0.5) is 10.9 Å². The maximum atomic E-state index is 12.5. The minimum atomic E-state index is -0.458. The molecular formula is C18H11BrClN5O2S. The highest BCUT2D eigenvalue weighted by Gasteiger charge is 2.21. The maximum absolute atomic E-state index is 12.5. The van der Waals surface area contributed by atoms with Gasteiger partial charge in [0.25, 0.3) is 11.8 Å². The Balaban J connectivity index is 1.52. The summed E-state index contributed by atoms with van der Waals surface area (Å²) in [5.74, 6) is -0.632. The highest BCUT2D eigenvalue weighted by atomic mass is 79.9. The van der Waals surface area contributed by atoms with E-state index >= 15 is 0 Å². The number of fused-ring (bicyclic) bond motifs is 1. The second-order valence-electron chi connectivity index (χ2n) is 5.64. The van der Waals surface area contributed by atoms with Crippen molar-refractivity contribution in [2.75, 3.05) is 10.6 Å². The number of thiazole rings is 1. The number of amides is 2. The van der Waals surface area contributed by atoms with Gasteiger partial charge in [0.15, 0.2) is 10.8 Å². The van der Waals surface area contributed by atoms with Gasteiger partial charge in [-0.25, -0.2) is 4.98 Å². The summed E-state index contributed by atoms with van der Waals surface area (Å²) in [4.78, 5) is 29.3. The first-order chi connectivity index (χ1) is 13.5. The highest BCUT2D eigenvalue weighted by Crippen LogP contribution is 2.28. The lowest BCUT2D eigenvalue weighted by atomic mass is 10.2. The molecule has 0 unspecified atom stereocenters. The van der Waals surface area contributed by atoms with Crippen molar-refractivity contribution in [3.8, 4) is 0 Å². The highest BCUT2D eigenvalue weighted by molar-refractivity contribution is 9.10. The van der Waals surface area contributed by atoms with E-state index in [0.717, 1.165) is 10.2 Å². The van der Waals surface area contributed by atoms with Gasteiger partial charge in [0.2, 0.25) is 0 Å². The molecule has 7 nitrogen and oxygen atoms in total. The molecule has 2 aromatic carbocycles. The number of rotatable bonds is 4. The number of benzene rings is 2. The van der Waals surface area contributed by atoms with Crippen molar-refractivity contribution < 1.29 is 9.59 Å². The van der Waals surface area contributed by atoms with Gasteiger partial charge in [0.05, 0.1) is 25.3 Å². The Kier molecular flexibility index (Phi) is 5.12. The molecule has 2 heterocycles. The fourth-order valence-corrected chi connectivity index (χ4v) is 4.01. The number of nitrogens with one attached hydrogen (secondary N) is 3. The molecule has 2 aromatic heterocycles. The van der Waals surface area contributed by atoms with Gasteiger partial charge < -0.3 is 5.32 Å². The van der Waals surface area contributed by atoms with Crippen LogP contribution in [-0.4, -0.2) is 27.0 Å². The average Bonchev–Trinajstić information content (AvgIpc) is 3.25. The van der Waals surface area contributed by atoms with Crippen molar-refractivity contribution in [2.24, 2.45) is 0 Å². The number of hydrogen-bond donors (Lipinski definition) is 3. The number of anilines is 2. The lowest BCUT2D eigenvalue weighted by Gasteiger charge is -2.05. The van der Waals surface area contributed by atoms with E-state index in [9.17, 15) is 9.59 Å². The summed E-state index contributed by atoms with van der Waals surface area (Å²) in [6, 6.07) is 14.2. The van der Waals surface area contributed by atoms with E-state index in [0.29, 0.717) is 20.2 Å². The standard InChI is InChI=1S/C18H11BrClN5O2S/c19-13-14(17(27)23-18-21-11-7-3-4-8-12(11)28-18)24-25-15(13)22-16(26)9-5-1-2-6-10(9)20/h1-8H,(H,21,23,27)(H2,22,24,25,26). The average molecular weight is 477 g/mol. The molecule has 0 bridgehead atoms. The zero-order valence-electron chi connectivity index (χ0n) is 14.0. The molecule has 0 radical (unpaired) electrons. The van der Waals surface area contributed by atoms with Gasteiger partial charge in [-0.3, -0.25) is 20.0 Å². The normalized spacial score (nSPS) is 10.8. The first-order valence-corrected chi connectivity index (χ1v) is 9.98. The fourth-order valence-electron chi connectivity index (χ4n) is 2.47. The summed E-state index contributed by atoms with van der Waals surface area (Å²) >= 11 is 10.7. The number of aromatic nitrogens is 3. The number of carbonyl (C=O) groups excluding carboxylic acids is 2. The third-order valence-electron chi connectivity index (χ3n) is 3.79. The molecule has 10 heteroatoms. The van der Waals surface area contributed by atoms with Gasteiger partial charge in [-0.2, -0.15) is 5.10 Å². The molecule has 0 aliphatic carbocycles. The van der Waals surface area contributed by atoms with Crippen LogP contribution in [0.2, 0.25) is 5.02 Å². The number of aromatic amines is 1. The number of nitrogens with zero attached hydrogens (tertiary/aromatic N) is 2. The molecule has 3 N–H and O–H groups in total. The Hall–Kier alpha value is -2.75. The van der Waals surface area contributed by atoms with Crippen molar-refractivity contribution in [1.82, 2.24) is 15.2 Å². The smallest absolute Gasteiger partial charge is 0.279 e. The number of para-hydroxylation sites is 1. The minimum Gasteiger partial charge on any atom is -0.306 e. The largest absolute Gasteiger partial charge is 0.306 e. The number of hydrogen-bond acceptors (Lipinski definition) is 5. The SMILES string of the molecule is O=C(Nc1[nH]nc(C(=O)Nc2nc3ccccc3s2)c1Br)c1ccccc1Cl. The van der Waals surface area contributed by atoms with Crippen molar-refractivity contribution >= 4 is 71.8 Å². The summed E-state index contributed by atoms with van der Waals surface area (Å²) < 4.78 is 1.29. The molecule has 140 valence electrons. The van der Waals surface area contributed by atoms with Crippen molar-refractivity contribution in [3.05, 3.63) is 69.3 Å². The summed E-state index contributed by atoms with van der Waals surface area (Å²) in [6.45, 7) is 0. The molecular weight excluding hydrogens is 466 g/mol. The maximum Gasteiger partial charge on any atom is 0.279 e. The van der Waals surface area contributed by atoms with E-state index in [1.54, 1.807) is 24.3 Å². The van der Waals surface area contributed by atoms with Crippen LogP contribution >= 0.6 is 38.9 Å². The van der Waals surface area contributed by atoms with E-state index < -0.39 is 11.8 Å². The summed E-state index contributed by atoms with van der Waals surface area (Å²) in [5.41, 5.74) is 1.21. The Morgan fingerprint density at radius 1 is 1.04 bits per heavy atom. The lowest BCUT2D eigenvalue weighted by Crippen LogP contribution is -2.14. The minimum absolute atomic E-state index is 0.0914. The number of halogens is 2. The van der Waals surface area contributed by atoms with Crippen LogP contribution in [0.1, 0.15) is 20.8 Å². The first-order valence-electron chi connectivity index (χ1n) is 7.99. The second-order valence-corrected chi connectivity index (χ2v) is 7.87. The zero-order chi connectivity index (χ0) is 19.7. The van der Waals surface area contributed by atoms with Crippen LogP contribution < -0.4 is 10.6 Å². The summed E-state index contributed by atoms with van der Waals surface area (Å²) in [6.07, 6.45) is 0. The quantitative estimate of drug-likeness (QED) is 0.388. The topological polar surface area (TPSA) is 99.8 Å². The van der Waals surface area contributed by atoms with E-state index in [4.69, 9.17) is 11.6 Å². The third-order valence-corrected chi connectivity index (χ3v) is 5.85. The van der Waals surface area contributed by atoms with Gasteiger partial charge in [-0.05, 0) is 40.2 Å². The molecule has 0 atom stereocenters. The van der Waals surface area contributed by atoms with Gasteiger partial charge in [0, 0.05) is 0 Å². The van der Waals surface area contributed by atoms with Crippen molar-refractivity contribution in [2.45, 2.75) is 0 Å². The molecule has 28 heavy (non-hydrogen) atoms. The molecule has 0 aliphatic heterocycles. The van der Waals surface area contributed by atoms with E-state index in [1.165, 1.54) is 11.3 Å². The van der Waals surface area contributed by atoms with E-state index in [-0.39, 0.29) is 11.5 Å². The van der Waals surface area contributed by atoms with Gasteiger partial charge in [-0.1, -0.05) is 47.2 Å². The Morgan fingerprint density at radius 2 is 1.79 bits per heavy atom. The van der Waals surface area contributed by atoms with E-state index in [1.807, 2.05) is 24.3 Å². The predicted molar refractivity (Wildman–Crippen MR) is 113 cm³/mol. The molecule has 4 rings (SSSR count). The van der Waals surface area contributed by atoms with Crippen LogP contribution in [0.15, 0.2) is 53.0 Å². The van der Waals surface area contributed by atoms with Crippen molar-refractivity contribution in [3.63, 3.8) is 0 Å². The molecule has 0 saturated heterocycles. The monoisotopic (exact) mass is 475 g/mol. The van der Waals surface area contributed by atoms with Gasteiger partial charge in [0.1, 0.15) is 5.82 Å². The zero-order valence-corrected chi connectivity index (χ0v) is 17.2. The summed E-state index contributed by atoms with van der Waals surface area (Å²) in [5, 5.41) is 12.8. The fraction of sp³-hybridized carbons (Fsp3) is 0. The van der Waals surface area contributed by atoms with Crippen molar-refractivity contribution in [1.29, 1.82) is 0 Å². The van der Waals surface area contributed by atoms with Gasteiger partial charge in [-0.15, -0.1) is 0 Å². The molecule has 0 spiro atoms. The predicted octanol–water partition coefficient (Wildman–Crippen LogP) is 4.94. The first kappa shape index (κ1) is 18.6. The lowest BCUT2D eigenvalue weighted by molar-refractivity contribution is 0.101. The van der Waals surface area contributed by atoms with Crippen LogP contribution in [0.5, 0.6) is 0 Å². The van der Waals surface area contributed by atoms with Gasteiger partial charge >= 0.3 is 0 Å². The Labute approximate surface area is 176 Å². The van der Waals surface area contributed by atoms with Crippen LogP contribution in [-0.2, 0) is 0 Å². The number of H-pyrrole nitrogens is 1. The molecule has 0 aliphatic rings. The van der Waals surface area contributed by atoms with E-state index in [2.05, 4.69) is 41.7 Å². The van der Waals surface area contributed by atoms with Crippen LogP contribution in [0, 0.1) is 0 Å². The molecule has 0 saturated carbocycles. The van der Waals surface area contributed by atoms with Crippen LogP contribution in [0.25, 0.3) is 10.2 Å². The molecule has 4 aromatic rings. The third kappa shape index (κ3) is 3.64. The number of carbonyl (C=O) groups is 2.